The molecule has 2 fully saturated rings. The molecule has 0 atom stereocenters. The standard InChI is InChI=1S/C16H29F3N4O.HI/c1-2-20-14(21-8-5-16(17,18)19)22-13-15(6-11-24-12-7-15)23-9-3-4-10-23;/h2-13H2,1H3,(H2,20,21,22);1H. The third kappa shape index (κ3) is 7.46. The van der Waals surface area contributed by atoms with Crippen molar-refractivity contribution in [1.29, 1.82) is 0 Å². The molecule has 0 radical (unpaired) electrons. The molecular weight excluding hydrogens is 448 g/mol. The monoisotopic (exact) mass is 478 g/mol. The van der Waals surface area contributed by atoms with Crippen LogP contribution in [0.15, 0.2) is 4.99 Å². The molecule has 0 aromatic carbocycles. The van der Waals surface area contributed by atoms with E-state index in [9.17, 15) is 13.2 Å². The Kier molecular flexibility index (Phi) is 9.79. The highest BCUT2D eigenvalue weighted by atomic mass is 127. The Morgan fingerprint density at radius 1 is 1.16 bits per heavy atom. The molecule has 0 saturated carbocycles. The highest BCUT2D eigenvalue weighted by Gasteiger charge is 2.39. The topological polar surface area (TPSA) is 48.9 Å². The van der Waals surface area contributed by atoms with Gasteiger partial charge in [0.05, 0.1) is 13.0 Å². The quantitative estimate of drug-likeness (QED) is 0.350. The Labute approximate surface area is 165 Å². The van der Waals surface area contributed by atoms with Gasteiger partial charge >= 0.3 is 6.18 Å². The number of rotatable bonds is 6. The third-order valence-electron chi connectivity index (χ3n) is 4.78. The van der Waals surface area contributed by atoms with Crippen LogP contribution in [0.1, 0.15) is 39.0 Å². The molecule has 0 spiro atoms. The highest BCUT2D eigenvalue weighted by molar-refractivity contribution is 14.0. The van der Waals surface area contributed by atoms with Crippen molar-refractivity contribution in [3.8, 4) is 0 Å². The first-order valence-electron chi connectivity index (χ1n) is 8.87. The second-order valence-electron chi connectivity index (χ2n) is 6.52. The van der Waals surface area contributed by atoms with Gasteiger partial charge in [-0.2, -0.15) is 13.2 Å². The molecule has 2 heterocycles. The van der Waals surface area contributed by atoms with Crippen LogP contribution >= 0.6 is 24.0 Å². The van der Waals surface area contributed by atoms with Crippen molar-refractivity contribution in [2.24, 2.45) is 4.99 Å². The zero-order valence-electron chi connectivity index (χ0n) is 14.8. The van der Waals surface area contributed by atoms with E-state index in [1.807, 2.05) is 6.92 Å². The average molecular weight is 478 g/mol. The minimum atomic E-state index is -4.15. The minimum Gasteiger partial charge on any atom is -0.381 e. The molecule has 0 amide bonds. The molecule has 9 heteroatoms. The first kappa shape index (κ1) is 22.8. The zero-order valence-corrected chi connectivity index (χ0v) is 17.2. The molecule has 2 saturated heterocycles. The third-order valence-corrected chi connectivity index (χ3v) is 4.78. The van der Waals surface area contributed by atoms with Crippen LogP contribution in [-0.4, -0.2) is 68.5 Å². The van der Waals surface area contributed by atoms with E-state index in [0.717, 1.165) is 39.1 Å². The van der Waals surface area contributed by atoms with E-state index in [0.29, 0.717) is 19.0 Å². The summed E-state index contributed by atoms with van der Waals surface area (Å²) in [5.74, 6) is 0.465. The molecule has 0 unspecified atom stereocenters. The number of guanidine groups is 1. The molecule has 2 aliphatic heterocycles. The van der Waals surface area contributed by atoms with E-state index >= 15 is 0 Å². The molecule has 0 aromatic heterocycles. The van der Waals surface area contributed by atoms with Crippen LogP contribution in [0.3, 0.4) is 0 Å². The number of hydrogen-bond acceptors (Lipinski definition) is 3. The largest absolute Gasteiger partial charge is 0.390 e. The summed E-state index contributed by atoms with van der Waals surface area (Å²) in [6.07, 6.45) is -0.742. The molecule has 2 N–H and O–H groups in total. The van der Waals surface area contributed by atoms with Gasteiger partial charge in [-0.25, -0.2) is 0 Å². The number of ether oxygens (including phenoxy) is 1. The van der Waals surface area contributed by atoms with E-state index in [1.165, 1.54) is 12.8 Å². The van der Waals surface area contributed by atoms with Gasteiger partial charge in [-0.3, -0.25) is 9.89 Å². The first-order valence-corrected chi connectivity index (χ1v) is 8.87. The lowest BCUT2D eigenvalue weighted by molar-refractivity contribution is -0.132. The molecule has 2 aliphatic rings. The predicted octanol–water partition coefficient (Wildman–Crippen LogP) is 2.76. The maximum absolute atomic E-state index is 12.3. The summed E-state index contributed by atoms with van der Waals surface area (Å²) in [4.78, 5) is 7.10. The average Bonchev–Trinajstić information content (AvgIpc) is 3.07. The number of likely N-dealkylation sites (tertiary alicyclic amines) is 1. The van der Waals surface area contributed by atoms with Crippen LogP contribution in [0.4, 0.5) is 13.2 Å². The fourth-order valence-electron chi connectivity index (χ4n) is 3.41. The molecule has 5 nitrogen and oxygen atoms in total. The van der Waals surface area contributed by atoms with Gasteiger partial charge in [0.15, 0.2) is 5.96 Å². The predicted molar refractivity (Wildman–Crippen MR) is 104 cm³/mol. The molecular formula is C16H30F3IN4O. The molecule has 0 bridgehead atoms. The number of nitrogens with one attached hydrogen (secondary N) is 2. The van der Waals surface area contributed by atoms with Crippen LogP contribution < -0.4 is 10.6 Å². The zero-order chi connectivity index (χ0) is 17.5. The van der Waals surface area contributed by atoms with Crippen molar-refractivity contribution in [1.82, 2.24) is 15.5 Å². The number of hydrogen-bond donors (Lipinski definition) is 2. The van der Waals surface area contributed by atoms with Gasteiger partial charge in [0.2, 0.25) is 0 Å². The van der Waals surface area contributed by atoms with Gasteiger partial charge in [-0.05, 0) is 45.7 Å². The van der Waals surface area contributed by atoms with Crippen LogP contribution in [0.5, 0.6) is 0 Å². The van der Waals surface area contributed by atoms with Crippen LogP contribution in [0.25, 0.3) is 0 Å². The van der Waals surface area contributed by atoms with Gasteiger partial charge in [-0.15, -0.1) is 24.0 Å². The Balaban J connectivity index is 0.00000312. The van der Waals surface area contributed by atoms with Crippen molar-refractivity contribution in [3.63, 3.8) is 0 Å². The Morgan fingerprint density at radius 3 is 2.36 bits per heavy atom. The van der Waals surface area contributed by atoms with Crippen molar-refractivity contribution in [2.75, 3.05) is 45.9 Å². The van der Waals surface area contributed by atoms with Crippen LogP contribution in [-0.2, 0) is 4.74 Å². The van der Waals surface area contributed by atoms with Gasteiger partial charge < -0.3 is 15.4 Å². The van der Waals surface area contributed by atoms with Crippen molar-refractivity contribution >= 4 is 29.9 Å². The lowest BCUT2D eigenvalue weighted by atomic mass is 9.88. The van der Waals surface area contributed by atoms with Gasteiger partial charge in [0.25, 0.3) is 0 Å². The number of nitrogens with zero attached hydrogens (tertiary/aromatic N) is 2. The summed E-state index contributed by atoms with van der Waals surface area (Å²) in [6, 6.07) is 0. The second kappa shape index (κ2) is 10.8. The second-order valence-corrected chi connectivity index (χ2v) is 6.52. The first-order chi connectivity index (χ1) is 11.5. The summed E-state index contributed by atoms with van der Waals surface area (Å²) in [5.41, 5.74) is -0.0128. The van der Waals surface area contributed by atoms with E-state index < -0.39 is 12.6 Å². The summed E-state index contributed by atoms with van der Waals surface area (Å²) in [5, 5.41) is 5.83. The fraction of sp³-hybridized carbons (Fsp3) is 0.938. The highest BCUT2D eigenvalue weighted by Crippen LogP contribution is 2.31. The van der Waals surface area contributed by atoms with Gasteiger partial charge in [0.1, 0.15) is 0 Å². The molecule has 0 aliphatic carbocycles. The number of halogens is 4. The molecule has 0 aromatic rings. The number of aliphatic imine (C=N–C) groups is 1. The van der Waals surface area contributed by atoms with E-state index in [4.69, 9.17) is 4.74 Å². The smallest absolute Gasteiger partial charge is 0.381 e. The van der Waals surface area contributed by atoms with E-state index in [-0.39, 0.29) is 36.1 Å². The Bertz CT molecular complexity index is 409. The fourth-order valence-corrected chi connectivity index (χ4v) is 3.41. The summed E-state index contributed by atoms with van der Waals surface area (Å²) < 4.78 is 42.4. The van der Waals surface area contributed by atoms with Crippen molar-refractivity contribution < 1.29 is 17.9 Å². The summed E-state index contributed by atoms with van der Waals surface area (Å²) >= 11 is 0. The van der Waals surface area contributed by atoms with Crippen LogP contribution in [0.2, 0.25) is 0 Å². The molecule has 2 rings (SSSR count). The van der Waals surface area contributed by atoms with E-state index in [1.54, 1.807) is 0 Å². The van der Waals surface area contributed by atoms with Gasteiger partial charge in [0, 0.05) is 31.8 Å². The van der Waals surface area contributed by atoms with Crippen LogP contribution in [0, 0.1) is 0 Å². The maximum atomic E-state index is 12.3. The Morgan fingerprint density at radius 2 is 1.80 bits per heavy atom. The lowest BCUT2D eigenvalue weighted by Gasteiger charge is -2.43. The lowest BCUT2D eigenvalue weighted by Crippen LogP contribution is -2.54. The normalized spacial score (nSPS) is 21.7. The minimum absolute atomic E-state index is 0. The van der Waals surface area contributed by atoms with Crippen molar-refractivity contribution in [3.05, 3.63) is 0 Å². The summed E-state index contributed by atoms with van der Waals surface area (Å²) in [6.45, 7) is 6.57. The molecule has 148 valence electrons. The van der Waals surface area contributed by atoms with Crippen molar-refractivity contribution in [2.45, 2.75) is 50.7 Å². The summed E-state index contributed by atoms with van der Waals surface area (Å²) in [7, 11) is 0. The van der Waals surface area contributed by atoms with Gasteiger partial charge in [-0.1, -0.05) is 0 Å². The SMILES string of the molecule is CCNC(=NCC1(N2CCCC2)CCOCC1)NCCC(F)(F)F.I. The molecule has 25 heavy (non-hydrogen) atoms. The number of alkyl halides is 3. The maximum Gasteiger partial charge on any atom is 0.390 e. The Hall–Kier alpha value is -0.290. The van der Waals surface area contributed by atoms with E-state index in [2.05, 4.69) is 20.5 Å².